The Morgan fingerprint density at radius 3 is 2.73 bits per heavy atom. The van der Waals surface area contributed by atoms with Gasteiger partial charge < -0.3 is 26.3 Å². The molecule has 5 N–H and O–H groups in total. The van der Waals surface area contributed by atoms with Crippen molar-refractivity contribution in [3.8, 4) is 0 Å². The van der Waals surface area contributed by atoms with Gasteiger partial charge in [-0.05, 0) is 37.0 Å². The van der Waals surface area contributed by atoms with Gasteiger partial charge in [-0.2, -0.15) is 9.36 Å². The monoisotopic (exact) mass is 568 g/mol. The van der Waals surface area contributed by atoms with Gasteiger partial charge in [-0.15, -0.1) is 0 Å². The van der Waals surface area contributed by atoms with Crippen molar-refractivity contribution in [3.63, 3.8) is 0 Å². The van der Waals surface area contributed by atoms with Crippen LogP contribution in [0.4, 0.5) is 16.5 Å². The fourth-order valence-electron chi connectivity index (χ4n) is 4.94. The highest BCUT2D eigenvalue weighted by atomic mass is 32.1. The van der Waals surface area contributed by atoms with Crippen LogP contribution in [0.15, 0.2) is 52.3 Å². The number of aromatic nitrogens is 2. The summed E-state index contributed by atoms with van der Waals surface area (Å²) in [7, 11) is 0. The van der Waals surface area contributed by atoms with Crippen LogP contribution in [0.3, 0.4) is 0 Å². The van der Waals surface area contributed by atoms with E-state index < -0.39 is 46.4 Å². The van der Waals surface area contributed by atoms with Crippen LogP contribution in [0, 0.1) is 10.1 Å². The van der Waals surface area contributed by atoms with Crippen molar-refractivity contribution < 1.29 is 34.4 Å². The first-order valence-corrected chi connectivity index (χ1v) is 12.6. The molecule has 2 fully saturated rings. The predicted octanol–water partition coefficient (Wildman–Crippen LogP) is 0.398. The third kappa shape index (κ3) is 4.51. The molecule has 3 amide bonds. The van der Waals surface area contributed by atoms with Crippen molar-refractivity contribution in [1.82, 2.24) is 19.6 Å². The summed E-state index contributed by atoms with van der Waals surface area (Å²) < 4.78 is 3.80. The highest BCUT2D eigenvalue weighted by Crippen LogP contribution is 2.38. The molecular weight excluding hydrogens is 548 g/mol. The predicted molar refractivity (Wildman–Crippen MR) is 137 cm³/mol. The normalized spacial score (nSPS) is 21.9. The highest BCUT2D eigenvalue weighted by molar-refractivity contribution is 7.09. The Bertz CT molecular complexity index is 1560. The van der Waals surface area contributed by atoms with Crippen LogP contribution in [-0.2, 0) is 19.2 Å². The summed E-state index contributed by atoms with van der Waals surface area (Å²) in [6.07, 6.45) is 2.20. The molecule has 2 atom stereocenters. The van der Waals surface area contributed by atoms with Crippen molar-refractivity contribution in [2.75, 3.05) is 17.2 Å². The lowest BCUT2D eigenvalue weighted by Crippen LogP contribution is -2.72. The molecular formula is C23H20N8O8S. The Morgan fingerprint density at radius 1 is 1.30 bits per heavy atom. The van der Waals surface area contributed by atoms with Gasteiger partial charge in [0.25, 0.3) is 23.4 Å². The van der Waals surface area contributed by atoms with Gasteiger partial charge in [0.15, 0.2) is 5.13 Å². The molecule has 5 rings (SSSR count). The number of carbonyl (C=O) groups excluding carboxylic acids is 3. The number of nitrogens with two attached hydrogens (primary N) is 1. The first-order chi connectivity index (χ1) is 19.1. The van der Waals surface area contributed by atoms with Crippen LogP contribution in [0.25, 0.3) is 0 Å². The smallest absolute Gasteiger partial charge is 0.352 e. The number of hydrogen-bond donors (Lipinski definition) is 4. The summed E-state index contributed by atoms with van der Waals surface area (Å²) in [6.45, 7) is 0.245. The number of nitro benzene ring substituents is 1. The Labute approximate surface area is 228 Å². The molecule has 16 nitrogen and oxygen atoms in total. The molecule has 2 aromatic rings. The Kier molecular flexibility index (Phi) is 6.72. The number of nitrogen functional groups attached to an aromatic ring is 1. The molecule has 0 spiro atoms. The molecule has 0 radical (unpaired) electrons. The second kappa shape index (κ2) is 10.2. The number of rotatable bonds is 7. The van der Waals surface area contributed by atoms with Crippen LogP contribution in [0.1, 0.15) is 25.1 Å². The van der Waals surface area contributed by atoms with Crippen LogP contribution in [0.5, 0.6) is 0 Å². The third-order valence-electron chi connectivity index (χ3n) is 6.76. The number of carbonyl (C=O) groups is 4. The maximum absolute atomic E-state index is 13.1. The number of aliphatic carboxylic acids is 1. The number of non-ortho nitro benzene ring substituents is 1. The Hall–Kier alpha value is -5.19. The van der Waals surface area contributed by atoms with Gasteiger partial charge in [0.05, 0.1) is 16.7 Å². The second-order valence-corrected chi connectivity index (χ2v) is 9.79. The molecule has 0 saturated carbocycles. The third-order valence-corrected chi connectivity index (χ3v) is 7.30. The molecule has 40 heavy (non-hydrogen) atoms. The van der Waals surface area contributed by atoms with Gasteiger partial charge in [0, 0.05) is 35.8 Å². The number of fused-ring (bicyclic) bond motifs is 1. The number of anilines is 2. The molecule has 3 aliphatic rings. The maximum Gasteiger partial charge on any atom is 0.352 e. The number of β-lactam (4-membered cyclic amide) rings is 1. The summed E-state index contributed by atoms with van der Waals surface area (Å²) >= 11 is 0.779. The summed E-state index contributed by atoms with van der Waals surface area (Å²) in [5.74, 6) is -3.66. The van der Waals surface area contributed by atoms with Gasteiger partial charge in [0.1, 0.15) is 11.7 Å². The van der Waals surface area contributed by atoms with Crippen molar-refractivity contribution >= 4 is 57.4 Å². The molecule has 1 aromatic carbocycles. The topological polar surface area (TPSA) is 235 Å². The zero-order chi connectivity index (χ0) is 28.7. The summed E-state index contributed by atoms with van der Waals surface area (Å²) in [6, 6.07) is 3.87. The van der Waals surface area contributed by atoms with Crippen molar-refractivity contribution in [3.05, 3.63) is 63.1 Å². The SMILES string of the molecule is Nc1nc(C(=NO)C(=O)N[C@H]2C(=O)N3C(C(=O)O)=C(C=C4CCN(c5cccc([N+](=O)[O-])c5)C4=O)CC[C@@H]23)ns1. The van der Waals surface area contributed by atoms with Crippen LogP contribution < -0.4 is 16.0 Å². The van der Waals surface area contributed by atoms with Crippen LogP contribution in [-0.4, -0.2) is 77.5 Å². The number of carboxylic acids is 1. The molecule has 0 unspecified atom stereocenters. The van der Waals surface area contributed by atoms with E-state index in [2.05, 4.69) is 19.8 Å². The summed E-state index contributed by atoms with van der Waals surface area (Å²) in [4.78, 5) is 67.7. The molecule has 0 bridgehead atoms. The molecule has 4 heterocycles. The van der Waals surface area contributed by atoms with E-state index in [9.17, 15) is 39.6 Å². The van der Waals surface area contributed by atoms with Gasteiger partial charge in [-0.25, -0.2) is 4.79 Å². The Balaban J connectivity index is 1.35. The minimum atomic E-state index is -1.38. The lowest BCUT2D eigenvalue weighted by Gasteiger charge is -2.50. The number of benzene rings is 1. The highest BCUT2D eigenvalue weighted by Gasteiger charge is 2.53. The number of nitrogens with one attached hydrogen (secondary N) is 1. The zero-order valence-electron chi connectivity index (χ0n) is 20.4. The van der Waals surface area contributed by atoms with E-state index >= 15 is 0 Å². The summed E-state index contributed by atoms with van der Waals surface area (Å²) in [5.41, 5.74) is 5.39. The fraction of sp³-hybridized carbons (Fsp3) is 0.261. The number of carboxylic acid groups (broad SMARTS) is 1. The van der Waals surface area contributed by atoms with Crippen molar-refractivity contribution in [2.24, 2.45) is 5.16 Å². The van der Waals surface area contributed by atoms with E-state index in [1.807, 2.05) is 0 Å². The maximum atomic E-state index is 13.1. The molecule has 2 saturated heterocycles. The minimum absolute atomic E-state index is 0.0361. The number of allylic oxidation sites excluding steroid dienone is 2. The number of nitro groups is 1. The van der Waals surface area contributed by atoms with E-state index in [0.29, 0.717) is 11.3 Å². The first kappa shape index (κ1) is 26.4. The lowest BCUT2D eigenvalue weighted by molar-refractivity contribution is -0.384. The van der Waals surface area contributed by atoms with Gasteiger partial charge >= 0.3 is 5.97 Å². The van der Waals surface area contributed by atoms with E-state index in [-0.39, 0.29) is 53.7 Å². The van der Waals surface area contributed by atoms with Crippen LogP contribution in [0.2, 0.25) is 0 Å². The van der Waals surface area contributed by atoms with E-state index in [1.165, 1.54) is 29.2 Å². The van der Waals surface area contributed by atoms with Gasteiger partial charge in [-0.1, -0.05) is 11.2 Å². The number of hydrogen-bond acceptors (Lipinski definition) is 12. The van der Waals surface area contributed by atoms with Gasteiger partial charge in [-0.3, -0.25) is 29.4 Å². The van der Waals surface area contributed by atoms with E-state index in [0.717, 1.165) is 16.4 Å². The van der Waals surface area contributed by atoms with Crippen molar-refractivity contribution in [1.29, 1.82) is 0 Å². The molecule has 0 aliphatic carbocycles. The standard InChI is InChI=1S/C23H20N8O8S/c24-23-26-18(28-40-23)16(27-37)19(32)25-15-14-5-4-10(17(22(35)36)30(14)21(15)34)8-11-6-7-29(20(11)33)12-2-1-3-13(9-12)31(38)39/h1-3,8-9,14-15,37H,4-7H2,(H,25,32)(H,35,36)(H2,24,26,28)/t14-,15+/m0/s1. The number of amides is 3. The van der Waals surface area contributed by atoms with Crippen LogP contribution >= 0.6 is 11.5 Å². The first-order valence-electron chi connectivity index (χ1n) is 11.8. The van der Waals surface area contributed by atoms with E-state index in [4.69, 9.17) is 5.73 Å². The number of oxime groups is 1. The average molecular weight is 569 g/mol. The van der Waals surface area contributed by atoms with E-state index in [1.54, 1.807) is 6.07 Å². The lowest BCUT2D eigenvalue weighted by atomic mass is 9.83. The second-order valence-electron chi connectivity index (χ2n) is 9.00. The Morgan fingerprint density at radius 2 is 2.08 bits per heavy atom. The molecule has 206 valence electrons. The summed E-state index contributed by atoms with van der Waals surface area (Å²) in [5, 5.41) is 35.7. The minimum Gasteiger partial charge on any atom is -0.477 e. The zero-order valence-corrected chi connectivity index (χ0v) is 21.2. The molecule has 3 aliphatic heterocycles. The quantitative estimate of drug-likeness (QED) is 0.0890. The molecule has 17 heteroatoms. The average Bonchev–Trinajstić information content (AvgIpc) is 3.52. The van der Waals surface area contributed by atoms with Crippen molar-refractivity contribution in [2.45, 2.75) is 31.3 Å². The van der Waals surface area contributed by atoms with Gasteiger partial charge in [0.2, 0.25) is 11.5 Å². The fourth-order valence-corrected chi connectivity index (χ4v) is 5.38. The number of nitrogens with zero attached hydrogens (tertiary/aromatic N) is 6. The molecule has 1 aromatic heterocycles. The largest absolute Gasteiger partial charge is 0.477 e.